The summed E-state index contributed by atoms with van der Waals surface area (Å²) in [6.07, 6.45) is 14.8. The highest BCUT2D eigenvalue weighted by molar-refractivity contribution is 4.92. The van der Waals surface area contributed by atoms with Crippen molar-refractivity contribution in [2.45, 2.75) is 89.2 Å². The van der Waals surface area contributed by atoms with E-state index in [2.05, 4.69) is 19.3 Å². The molecule has 0 aromatic heterocycles. The predicted octanol–water partition coefficient (Wildman–Crippen LogP) is 4.28. The number of ether oxygens (including phenoxy) is 1. The van der Waals surface area contributed by atoms with Crippen LogP contribution in [0.3, 0.4) is 0 Å². The molecule has 0 aromatic carbocycles. The molecule has 1 saturated heterocycles. The van der Waals surface area contributed by atoms with E-state index < -0.39 is 0 Å². The number of hydrogen-bond donors (Lipinski definition) is 1. The summed E-state index contributed by atoms with van der Waals surface area (Å²) in [4.78, 5) is 0. The third kappa shape index (κ3) is 4.19. The van der Waals surface area contributed by atoms with Gasteiger partial charge in [-0.2, -0.15) is 0 Å². The molecule has 2 unspecified atom stereocenters. The quantitative estimate of drug-likeness (QED) is 0.725. The standard InChI is InChI=1S/C17H33NO/c1-3-4-6-9-16(18-2)15-10-13-19-17(14-15)11-7-5-8-12-17/h15-16,18H,3-14H2,1-2H3. The first-order valence-electron chi connectivity index (χ1n) is 8.61. The zero-order valence-electron chi connectivity index (χ0n) is 13.0. The molecule has 1 heterocycles. The SMILES string of the molecule is CCCCCC(NC)C1CCOC2(CCCCC2)C1. The van der Waals surface area contributed by atoms with Crippen molar-refractivity contribution in [1.29, 1.82) is 0 Å². The van der Waals surface area contributed by atoms with Crippen LogP contribution in [0.1, 0.15) is 77.6 Å². The Morgan fingerprint density at radius 1 is 1.21 bits per heavy atom. The van der Waals surface area contributed by atoms with E-state index in [1.165, 1.54) is 70.6 Å². The molecule has 1 saturated carbocycles. The van der Waals surface area contributed by atoms with Crippen LogP contribution in [0.4, 0.5) is 0 Å². The second kappa shape index (κ2) is 7.64. The van der Waals surface area contributed by atoms with Gasteiger partial charge in [0.05, 0.1) is 5.60 Å². The molecule has 1 N–H and O–H groups in total. The molecule has 1 spiro atoms. The zero-order chi connectivity index (χ0) is 13.6. The minimum absolute atomic E-state index is 0.265. The first-order valence-corrected chi connectivity index (χ1v) is 8.61. The monoisotopic (exact) mass is 267 g/mol. The van der Waals surface area contributed by atoms with Crippen LogP contribution >= 0.6 is 0 Å². The van der Waals surface area contributed by atoms with Gasteiger partial charge in [-0.05, 0) is 45.1 Å². The first-order chi connectivity index (χ1) is 9.29. The van der Waals surface area contributed by atoms with Gasteiger partial charge in [0, 0.05) is 12.6 Å². The maximum atomic E-state index is 6.23. The van der Waals surface area contributed by atoms with E-state index in [9.17, 15) is 0 Å². The van der Waals surface area contributed by atoms with Crippen LogP contribution in [-0.4, -0.2) is 25.3 Å². The lowest BCUT2D eigenvalue weighted by atomic mass is 9.73. The fourth-order valence-electron chi connectivity index (χ4n) is 4.18. The van der Waals surface area contributed by atoms with E-state index in [1.807, 2.05) is 0 Å². The van der Waals surface area contributed by atoms with Crippen LogP contribution in [0.2, 0.25) is 0 Å². The first kappa shape index (κ1) is 15.3. The molecule has 19 heavy (non-hydrogen) atoms. The summed E-state index contributed by atoms with van der Waals surface area (Å²) in [6.45, 7) is 3.29. The lowest BCUT2D eigenvalue weighted by molar-refractivity contribution is -0.121. The van der Waals surface area contributed by atoms with Crippen molar-refractivity contribution in [2.75, 3.05) is 13.7 Å². The van der Waals surface area contributed by atoms with Crippen molar-refractivity contribution < 1.29 is 4.74 Å². The average Bonchev–Trinajstić information content (AvgIpc) is 2.44. The highest BCUT2D eigenvalue weighted by Crippen LogP contribution is 2.42. The molecule has 0 aromatic rings. The second-order valence-corrected chi connectivity index (χ2v) is 6.74. The van der Waals surface area contributed by atoms with Gasteiger partial charge in [0.15, 0.2) is 0 Å². The Balaban J connectivity index is 1.87. The van der Waals surface area contributed by atoms with Crippen molar-refractivity contribution in [3.63, 3.8) is 0 Å². The molecule has 2 heteroatoms. The van der Waals surface area contributed by atoms with Crippen LogP contribution in [0.15, 0.2) is 0 Å². The van der Waals surface area contributed by atoms with Crippen molar-refractivity contribution in [2.24, 2.45) is 5.92 Å². The lowest BCUT2D eigenvalue weighted by Gasteiger charge is -2.45. The number of nitrogens with one attached hydrogen (secondary N) is 1. The van der Waals surface area contributed by atoms with E-state index >= 15 is 0 Å². The van der Waals surface area contributed by atoms with Crippen LogP contribution in [0.5, 0.6) is 0 Å². The summed E-state index contributed by atoms with van der Waals surface area (Å²) in [5, 5.41) is 3.60. The molecule has 0 bridgehead atoms. The van der Waals surface area contributed by atoms with Gasteiger partial charge in [0.2, 0.25) is 0 Å². The third-order valence-electron chi connectivity index (χ3n) is 5.35. The number of hydrogen-bond acceptors (Lipinski definition) is 2. The molecule has 1 aliphatic heterocycles. The molecule has 2 fully saturated rings. The van der Waals surface area contributed by atoms with Gasteiger partial charge in [0.1, 0.15) is 0 Å². The van der Waals surface area contributed by atoms with Crippen molar-refractivity contribution in [3.05, 3.63) is 0 Å². The van der Waals surface area contributed by atoms with E-state index in [0.29, 0.717) is 6.04 Å². The van der Waals surface area contributed by atoms with Crippen LogP contribution in [-0.2, 0) is 4.74 Å². The Labute approximate surface area is 119 Å². The Hall–Kier alpha value is -0.0800. The number of unbranched alkanes of at least 4 members (excludes halogenated alkanes) is 2. The molecular weight excluding hydrogens is 234 g/mol. The molecule has 0 radical (unpaired) electrons. The minimum Gasteiger partial charge on any atom is -0.375 e. The maximum absolute atomic E-state index is 6.23. The molecule has 112 valence electrons. The molecule has 2 nitrogen and oxygen atoms in total. The van der Waals surface area contributed by atoms with E-state index in [4.69, 9.17) is 4.74 Å². The molecule has 2 atom stereocenters. The molecule has 1 aliphatic carbocycles. The average molecular weight is 267 g/mol. The second-order valence-electron chi connectivity index (χ2n) is 6.74. The normalized spacial score (nSPS) is 28.4. The van der Waals surface area contributed by atoms with Gasteiger partial charge >= 0.3 is 0 Å². The maximum Gasteiger partial charge on any atom is 0.0685 e. The van der Waals surface area contributed by atoms with E-state index in [0.717, 1.165) is 12.5 Å². The number of rotatable bonds is 6. The Bertz CT molecular complexity index is 242. The predicted molar refractivity (Wildman–Crippen MR) is 81.5 cm³/mol. The molecule has 2 aliphatic rings. The van der Waals surface area contributed by atoms with E-state index in [-0.39, 0.29) is 5.60 Å². The summed E-state index contributed by atoms with van der Waals surface area (Å²) in [6, 6.07) is 0.717. The van der Waals surface area contributed by atoms with Crippen LogP contribution in [0.25, 0.3) is 0 Å². The smallest absolute Gasteiger partial charge is 0.0685 e. The Morgan fingerprint density at radius 3 is 2.68 bits per heavy atom. The zero-order valence-corrected chi connectivity index (χ0v) is 13.0. The summed E-state index contributed by atoms with van der Waals surface area (Å²) < 4.78 is 6.23. The summed E-state index contributed by atoms with van der Waals surface area (Å²) in [7, 11) is 2.15. The van der Waals surface area contributed by atoms with Crippen LogP contribution in [0, 0.1) is 5.92 Å². The lowest BCUT2D eigenvalue weighted by Crippen LogP contribution is -2.47. The summed E-state index contributed by atoms with van der Waals surface area (Å²) in [5.41, 5.74) is 0.265. The van der Waals surface area contributed by atoms with Gasteiger partial charge in [-0.15, -0.1) is 0 Å². The molecule has 2 rings (SSSR count). The highest BCUT2D eigenvalue weighted by atomic mass is 16.5. The van der Waals surface area contributed by atoms with Gasteiger partial charge in [-0.25, -0.2) is 0 Å². The van der Waals surface area contributed by atoms with Gasteiger partial charge in [-0.3, -0.25) is 0 Å². The van der Waals surface area contributed by atoms with Crippen LogP contribution < -0.4 is 5.32 Å². The minimum atomic E-state index is 0.265. The van der Waals surface area contributed by atoms with Gasteiger partial charge in [0.25, 0.3) is 0 Å². The highest BCUT2D eigenvalue weighted by Gasteiger charge is 2.40. The molecule has 0 amide bonds. The summed E-state index contributed by atoms with van der Waals surface area (Å²) in [5.74, 6) is 0.841. The van der Waals surface area contributed by atoms with Crippen molar-refractivity contribution >= 4 is 0 Å². The fraction of sp³-hybridized carbons (Fsp3) is 1.00. The topological polar surface area (TPSA) is 21.3 Å². The van der Waals surface area contributed by atoms with Gasteiger partial charge in [-0.1, -0.05) is 45.4 Å². The Kier molecular flexibility index (Phi) is 6.15. The Morgan fingerprint density at radius 2 is 2.00 bits per heavy atom. The fourth-order valence-corrected chi connectivity index (χ4v) is 4.18. The van der Waals surface area contributed by atoms with Crippen molar-refractivity contribution in [1.82, 2.24) is 5.32 Å². The van der Waals surface area contributed by atoms with Crippen molar-refractivity contribution in [3.8, 4) is 0 Å². The van der Waals surface area contributed by atoms with Gasteiger partial charge < -0.3 is 10.1 Å². The third-order valence-corrected chi connectivity index (χ3v) is 5.35. The molecular formula is C17H33NO. The summed E-state index contributed by atoms with van der Waals surface area (Å²) >= 11 is 0. The largest absolute Gasteiger partial charge is 0.375 e. The van der Waals surface area contributed by atoms with E-state index in [1.54, 1.807) is 0 Å².